The van der Waals surface area contributed by atoms with Crippen LogP contribution in [0.3, 0.4) is 0 Å². The fourth-order valence-electron chi connectivity index (χ4n) is 1.74. The molecule has 0 aliphatic carbocycles. The van der Waals surface area contributed by atoms with Gasteiger partial charge in [0.25, 0.3) is 0 Å². The monoisotopic (exact) mass is 288 g/mol. The molecule has 110 valence electrons. The Kier molecular flexibility index (Phi) is 4.02. The van der Waals surface area contributed by atoms with Gasteiger partial charge in [0.15, 0.2) is 0 Å². The summed E-state index contributed by atoms with van der Waals surface area (Å²) in [5.74, 6) is 1.18. The molecule has 2 rings (SSSR count). The van der Waals surface area contributed by atoms with Crippen molar-refractivity contribution < 1.29 is 9.66 Å². The van der Waals surface area contributed by atoms with Crippen LogP contribution in [-0.4, -0.2) is 14.9 Å². The van der Waals surface area contributed by atoms with Gasteiger partial charge in [-0.05, 0) is 18.6 Å². The molecule has 0 atom stereocenters. The number of ether oxygens (including phenoxy) is 1. The summed E-state index contributed by atoms with van der Waals surface area (Å²) in [7, 11) is 0. The lowest BCUT2D eigenvalue weighted by atomic mass is 10.2. The highest BCUT2D eigenvalue weighted by molar-refractivity contribution is 5.50. The maximum atomic E-state index is 11.1. The lowest BCUT2D eigenvalue weighted by Crippen LogP contribution is -2.03. The summed E-state index contributed by atoms with van der Waals surface area (Å²) in [4.78, 5) is 18.9. The standard InChI is InChI=1S/C14H16N4O3/c1-8(2)14-16-12(15)7-13(17-14)21-11-5-4-9(3)6-10(11)18(19)20/h4-8H,1-3H3,(H2,15,16,17). The number of benzene rings is 1. The molecule has 0 saturated heterocycles. The van der Waals surface area contributed by atoms with Crippen molar-refractivity contribution in [3.63, 3.8) is 0 Å². The number of aryl methyl sites for hydroxylation is 1. The van der Waals surface area contributed by atoms with Gasteiger partial charge in [-0.2, -0.15) is 4.98 Å². The molecule has 1 aromatic carbocycles. The van der Waals surface area contributed by atoms with E-state index in [-0.39, 0.29) is 29.1 Å². The molecule has 0 saturated carbocycles. The summed E-state index contributed by atoms with van der Waals surface area (Å²) in [5, 5.41) is 11.1. The molecule has 1 aromatic heterocycles. The van der Waals surface area contributed by atoms with Gasteiger partial charge in [0.05, 0.1) is 4.92 Å². The van der Waals surface area contributed by atoms with Crippen molar-refractivity contribution >= 4 is 11.5 Å². The van der Waals surface area contributed by atoms with Crippen molar-refractivity contribution in [2.45, 2.75) is 26.7 Å². The van der Waals surface area contributed by atoms with Gasteiger partial charge in [-0.15, -0.1) is 0 Å². The Morgan fingerprint density at radius 3 is 2.62 bits per heavy atom. The summed E-state index contributed by atoms with van der Waals surface area (Å²) in [6.45, 7) is 5.62. The van der Waals surface area contributed by atoms with E-state index in [4.69, 9.17) is 10.5 Å². The Morgan fingerprint density at radius 2 is 2.00 bits per heavy atom. The minimum atomic E-state index is -0.490. The number of nitrogens with zero attached hydrogens (tertiary/aromatic N) is 3. The van der Waals surface area contributed by atoms with Crippen molar-refractivity contribution in [1.29, 1.82) is 0 Å². The number of hydrogen-bond donors (Lipinski definition) is 1. The fraction of sp³-hybridized carbons (Fsp3) is 0.286. The number of aromatic nitrogens is 2. The molecular weight excluding hydrogens is 272 g/mol. The zero-order valence-corrected chi connectivity index (χ0v) is 12.0. The van der Waals surface area contributed by atoms with E-state index in [9.17, 15) is 10.1 Å². The Balaban J connectivity index is 2.41. The van der Waals surface area contributed by atoms with Crippen LogP contribution in [0, 0.1) is 17.0 Å². The number of nitro groups is 1. The molecule has 0 aliphatic rings. The van der Waals surface area contributed by atoms with Crippen molar-refractivity contribution in [2.24, 2.45) is 0 Å². The van der Waals surface area contributed by atoms with Crippen molar-refractivity contribution in [2.75, 3.05) is 5.73 Å². The second-order valence-electron chi connectivity index (χ2n) is 4.97. The highest BCUT2D eigenvalue weighted by Crippen LogP contribution is 2.32. The molecule has 7 nitrogen and oxygen atoms in total. The van der Waals surface area contributed by atoms with E-state index in [1.165, 1.54) is 12.1 Å². The molecule has 0 unspecified atom stereocenters. The van der Waals surface area contributed by atoms with E-state index in [1.807, 2.05) is 13.8 Å². The number of nitrogens with two attached hydrogens (primary N) is 1. The average molecular weight is 288 g/mol. The first-order valence-corrected chi connectivity index (χ1v) is 6.44. The molecule has 2 aromatic rings. The van der Waals surface area contributed by atoms with Crippen molar-refractivity contribution in [3.05, 3.63) is 45.8 Å². The van der Waals surface area contributed by atoms with E-state index in [1.54, 1.807) is 19.1 Å². The largest absolute Gasteiger partial charge is 0.432 e. The van der Waals surface area contributed by atoms with Crippen LogP contribution in [0.5, 0.6) is 11.6 Å². The average Bonchev–Trinajstić information content (AvgIpc) is 2.40. The fourth-order valence-corrected chi connectivity index (χ4v) is 1.74. The predicted molar refractivity (Wildman–Crippen MR) is 78.4 cm³/mol. The highest BCUT2D eigenvalue weighted by Gasteiger charge is 2.17. The summed E-state index contributed by atoms with van der Waals surface area (Å²) in [5.41, 5.74) is 6.37. The smallest absolute Gasteiger partial charge is 0.311 e. The third kappa shape index (κ3) is 3.44. The Bertz CT molecular complexity index is 686. The maximum Gasteiger partial charge on any atom is 0.311 e. The molecular formula is C14H16N4O3. The molecule has 0 aliphatic heterocycles. The third-order valence-corrected chi connectivity index (χ3v) is 2.78. The first-order chi connectivity index (χ1) is 9.86. The van der Waals surface area contributed by atoms with Crippen LogP contribution in [0.4, 0.5) is 11.5 Å². The van der Waals surface area contributed by atoms with E-state index < -0.39 is 4.92 Å². The van der Waals surface area contributed by atoms with Gasteiger partial charge < -0.3 is 10.5 Å². The number of nitrogen functional groups attached to an aromatic ring is 1. The highest BCUT2D eigenvalue weighted by atomic mass is 16.6. The molecule has 0 fully saturated rings. The normalized spacial score (nSPS) is 10.7. The van der Waals surface area contributed by atoms with Crippen LogP contribution >= 0.6 is 0 Å². The quantitative estimate of drug-likeness (QED) is 0.684. The Morgan fingerprint density at radius 1 is 1.29 bits per heavy atom. The van der Waals surface area contributed by atoms with Gasteiger partial charge in [0.2, 0.25) is 11.6 Å². The van der Waals surface area contributed by atoms with E-state index >= 15 is 0 Å². The first-order valence-electron chi connectivity index (χ1n) is 6.44. The number of anilines is 1. The van der Waals surface area contributed by atoms with Crippen LogP contribution in [0.25, 0.3) is 0 Å². The van der Waals surface area contributed by atoms with Gasteiger partial charge in [-0.1, -0.05) is 19.9 Å². The summed E-state index contributed by atoms with van der Waals surface area (Å²) in [6.07, 6.45) is 0. The molecule has 7 heteroatoms. The predicted octanol–water partition coefficient (Wildman–Crippen LogP) is 3.19. The summed E-state index contributed by atoms with van der Waals surface area (Å²) in [6, 6.07) is 6.16. The van der Waals surface area contributed by atoms with Crippen LogP contribution in [-0.2, 0) is 0 Å². The van der Waals surface area contributed by atoms with Gasteiger partial charge in [-0.3, -0.25) is 10.1 Å². The molecule has 0 spiro atoms. The molecule has 0 bridgehead atoms. The zero-order valence-electron chi connectivity index (χ0n) is 12.0. The van der Waals surface area contributed by atoms with Crippen LogP contribution < -0.4 is 10.5 Å². The minimum Gasteiger partial charge on any atom is -0.432 e. The Hall–Kier alpha value is -2.70. The van der Waals surface area contributed by atoms with Crippen molar-refractivity contribution in [1.82, 2.24) is 9.97 Å². The minimum absolute atomic E-state index is 0.0730. The molecule has 0 radical (unpaired) electrons. The molecule has 1 heterocycles. The number of rotatable bonds is 4. The molecule has 21 heavy (non-hydrogen) atoms. The van der Waals surface area contributed by atoms with Gasteiger partial charge in [0.1, 0.15) is 11.6 Å². The summed E-state index contributed by atoms with van der Waals surface area (Å²) >= 11 is 0. The molecule has 0 amide bonds. The topological polar surface area (TPSA) is 104 Å². The van der Waals surface area contributed by atoms with Crippen LogP contribution in [0.2, 0.25) is 0 Å². The lowest BCUT2D eigenvalue weighted by Gasteiger charge is -2.09. The number of nitro benzene ring substituents is 1. The maximum absolute atomic E-state index is 11.1. The van der Waals surface area contributed by atoms with E-state index in [2.05, 4.69) is 9.97 Å². The van der Waals surface area contributed by atoms with Crippen LogP contribution in [0.15, 0.2) is 24.3 Å². The molecule has 2 N–H and O–H groups in total. The van der Waals surface area contributed by atoms with Gasteiger partial charge in [0, 0.05) is 18.1 Å². The lowest BCUT2D eigenvalue weighted by molar-refractivity contribution is -0.385. The zero-order chi connectivity index (χ0) is 15.6. The van der Waals surface area contributed by atoms with Gasteiger partial charge >= 0.3 is 5.69 Å². The second-order valence-corrected chi connectivity index (χ2v) is 4.97. The second kappa shape index (κ2) is 5.74. The SMILES string of the molecule is Cc1ccc(Oc2cc(N)nc(C(C)C)n2)c([N+](=O)[O-])c1. The van der Waals surface area contributed by atoms with Crippen molar-refractivity contribution in [3.8, 4) is 11.6 Å². The third-order valence-electron chi connectivity index (χ3n) is 2.78. The first kappa shape index (κ1) is 14.7. The van der Waals surface area contributed by atoms with Crippen LogP contribution in [0.1, 0.15) is 31.2 Å². The number of hydrogen-bond acceptors (Lipinski definition) is 6. The van der Waals surface area contributed by atoms with Gasteiger partial charge in [-0.25, -0.2) is 4.98 Å². The van der Waals surface area contributed by atoms with E-state index in [0.717, 1.165) is 5.56 Å². The van der Waals surface area contributed by atoms with E-state index in [0.29, 0.717) is 5.82 Å². The Labute approximate surface area is 121 Å². The summed E-state index contributed by atoms with van der Waals surface area (Å²) < 4.78 is 5.52.